The third kappa shape index (κ3) is 3.03. The van der Waals surface area contributed by atoms with Crippen molar-refractivity contribution in [3.05, 3.63) is 26.9 Å². The normalized spacial score (nSPS) is 10.5. The Bertz CT molecular complexity index is 522. The molecule has 2 aromatic heterocycles. The fourth-order valence-electron chi connectivity index (χ4n) is 1.19. The summed E-state index contributed by atoms with van der Waals surface area (Å²) in [6, 6.07) is 1.93. The van der Waals surface area contributed by atoms with Gasteiger partial charge in [-0.25, -0.2) is 5.84 Å². The van der Waals surface area contributed by atoms with Crippen molar-refractivity contribution < 1.29 is 4.79 Å². The molecule has 0 aromatic carbocycles. The van der Waals surface area contributed by atoms with E-state index in [1.165, 1.54) is 11.3 Å². The number of nitrogens with one attached hydrogen (secondary N) is 1. The predicted molar refractivity (Wildman–Crippen MR) is 70.2 cm³/mol. The first-order valence-corrected chi connectivity index (χ1v) is 7.39. The van der Waals surface area contributed by atoms with Crippen molar-refractivity contribution in [2.24, 2.45) is 5.84 Å². The fourth-order valence-corrected chi connectivity index (χ4v) is 3.92. The number of nitrogens with zero attached hydrogens (tertiary/aromatic N) is 2. The van der Waals surface area contributed by atoms with Crippen molar-refractivity contribution in [1.82, 2.24) is 15.6 Å². The SMILES string of the molecule is Cc1nnc(SCc2ccsc2C(=O)NN)s1. The van der Waals surface area contributed by atoms with Gasteiger partial charge in [0.05, 0.1) is 4.88 Å². The van der Waals surface area contributed by atoms with Gasteiger partial charge in [0.15, 0.2) is 4.34 Å². The number of nitrogens with two attached hydrogens (primary N) is 1. The summed E-state index contributed by atoms with van der Waals surface area (Å²) in [5.41, 5.74) is 3.12. The van der Waals surface area contributed by atoms with Crippen molar-refractivity contribution in [3.63, 3.8) is 0 Å². The second-order valence-electron chi connectivity index (χ2n) is 3.12. The molecule has 3 N–H and O–H groups in total. The van der Waals surface area contributed by atoms with Crippen LogP contribution in [0.5, 0.6) is 0 Å². The molecule has 0 spiro atoms. The molecular weight excluding hydrogens is 276 g/mol. The van der Waals surface area contributed by atoms with E-state index < -0.39 is 0 Å². The topological polar surface area (TPSA) is 80.9 Å². The number of amides is 1. The van der Waals surface area contributed by atoms with Gasteiger partial charge in [-0.15, -0.1) is 21.5 Å². The lowest BCUT2D eigenvalue weighted by Crippen LogP contribution is -2.29. The Hall–Kier alpha value is -0.960. The molecule has 0 aliphatic rings. The molecule has 1 amide bonds. The van der Waals surface area contributed by atoms with Gasteiger partial charge in [0.2, 0.25) is 0 Å². The Morgan fingerprint density at radius 1 is 1.59 bits per heavy atom. The van der Waals surface area contributed by atoms with Gasteiger partial charge in [0.1, 0.15) is 5.01 Å². The summed E-state index contributed by atoms with van der Waals surface area (Å²) in [5.74, 6) is 5.57. The van der Waals surface area contributed by atoms with Crippen LogP contribution in [0.4, 0.5) is 0 Å². The highest BCUT2D eigenvalue weighted by Gasteiger charge is 2.12. The number of nitrogen functional groups attached to an aromatic ring is 1. The van der Waals surface area contributed by atoms with Crippen LogP contribution in [0.25, 0.3) is 0 Å². The molecule has 0 bridgehead atoms. The van der Waals surface area contributed by atoms with Crippen LogP contribution in [0.3, 0.4) is 0 Å². The second-order valence-corrected chi connectivity index (χ2v) is 6.44. The Morgan fingerprint density at radius 2 is 2.41 bits per heavy atom. The maximum absolute atomic E-state index is 11.5. The molecule has 0 radical (unpaired) electrons. The van der Waals surface area contributed by atoms with Crippen LogP contribution >= 0.6 is 34.4 Å². The molecule has 0 saturated heterocycles. The maximum atomic E-state index is 11.5. The molecule has 0 atom stereocenters. The Balaban J connectivity index is 2.04. The minimum absolute atomic E-state index is 0.246. The minimum Gasteiger partial charge on any atom is -0.289 e. The Labute approximate surface area is 110 Å². The van der Waals surface area contributed by atoms with E-state index in [2.05, 4.69) is 15.6 Å². The highest BCUT2D eigenvalue weighted by Crippen LogP contribution is 2.28. The number of aryl methyl sites for hydroxylation is 1. The number of hydrogen-bond acceptors (Lipinski definition) is 7. The van der Waals surface area contributed by atoms with Crippen LogP contribution < -0.4 is 11.3 Å². The zero-order valence-corrected chi connectivity index (χ0v) is 11.4. The lowest BCUT2D eigenvalue weighted by Gasteiger charge is -2.00. The van der Waals surface area contributed by atoms with Crippen molar-refractivity contribution in [1.29, 1.82) is 0 Å². The smallest absolute Gasteiger partial charge is 0.275 e. The van der Waals surface area contributed by atoms with Gasteiger partial charge >= 0.3 is 0 Å². The predicted octanol–water partition coefficient (Wildman–Crippen LogP) is 1.80. The molecule has 0 aliphatic heterocycles. The summed E-state index contributed by atoms with van der Waals surface area (Å²) in [5, 5.41) is 10.8. The molecule has 0 saturated carbocycles. The summed E-state index contributed by atoms with van der Waals surface area (Å²) in [7, 11) is 0. The first-order valence-electron chi connectivity index (χ1n) is 4.71. The molecular formula is C9H10N4OS3. The standard InChI is InChI=1S/C9H10N4OS3/c1-5-12-13-9(17-5)16-4-6-2-3-15-7(6)8(14)11-10/h2-3H,4,10H2,1H3,(H,11,14). The van der Waals surface area contributed by atoms with Gasteiger partial charge in [-0.2, -0.15) is 0 Å². The van der Waals surface area contributed by atoms with Gasteiger partial charge in [-0.05, 0) is 23.9 Å². The van der Waals surface area contributed by atoms with E-state index in [0.717, 1.165) is 14.9 Å². The molecule has 2 heterocycles. The Morgan fingerprint density at radius 3 is 3.06 bits per heavy atom. The van der Waals surface area contributed by atoms with Crippen LogP contribution in [0.2, 0.25) is 0 Å². The average molecular weight is 286 g/mol. The summed E-state index contributed by atoms with van der Waals surface area (Å²) in [6.45, 7) is 1.92. The number of thioether (sulfide) groups is 1. The quantitative estimate of drug-likeness (QED) is 0.388. The number of aromatic nitrogens is 2. The van der Waals surface area contributed by atoms with Crippen LogP contribution in [0, 0.1) is 6.92 Å². The number of hydrazine groups is 1. The number of hydrogen-bond donors (Lipinski definition) is 2. The number of carbonyl (C=O) groups is 1. The lowest BCUT2D eigenvalue weighted by atomic mass is 10.3. The summed E-state index contributed by atoms with van der Waals surface area (Å²) in [6.07, 6.45) is 0. The maximum Gasteiger partial charge on any atom is 0.275 e. The van der Waals surface area contributed by atoms with E-state index in [1.54, 1.807) is 23.1 Å². The zero-order chi connectivity index (χ0) is 12.3. The van der Waals surface area contributed by atoms with Gasteiger partial charge < -0.3 is 0 Å². The zero-order valence-electron chi connectivity index (χ0n) is 8.97. The van der Waals surface area contributed by atoms with Crippen molar-refractivity contribution >= 4 is 40.3 Å². The summed E-state index contributed by atoms with van der Waals surface area (Å²) < 4.78 is 0.910. The molecule has 2 aromatic rings. The van der Waals surface area contributed by atoms with Crippen molar-refractivity contribution in [2.45, 2.75) is 17.0 Å². The molecule has 90 valence electrons. The van der Waals surface area contributed by atoms with Crippen LogP contribution in [0.15, 0.2) is 15.8 Å². The lowest BCUT2D eigenvalue weighted by molar-refractivity contribution is 0.0957. The second kappa shape index (κ2) is 5.58. The van der Waals surface area contributed by atoms with Crippen LogP contribution in [-0.4, -0.2) is 16.1 Å². The van der Waals surface area contributed by atoms with Crippen molar-refractivity contribution in [3.8, 4) is 0 Å². The number of carbonyl (C=O) groups excluding carboxylic acids is 1. The fraction of sp³-hybridized carbons (Fsp3) is 0.222. The van der Waals surface area contributed by atoms with E-state index in [4.69, 9.17) is 5.84 Å². The molecule has 0 unspecified atom stereocenters. The van der Waals surface area contributed by atoms with Crippen molar-refractivity contribution in [2.75, 3.05) is 0 Å². The average Bonchev–Trinajstić information content (AvgIpc) is 2.94. The van der Waals surface area contributed by atoms with Gasteiger partial charge in [0, 0.05) is 5.75 Å². The van der Waals surface area contributed by atoms with E-state index in [0.29, 0.717) is 10.6 Å². The van der Waals surface area contributed by atoms with Gasteiger partial charge in [0.25, 0.3) is 5.91 Å². The first-order chi connectivity index (χ1) is 8.20. The molecule has 2 rings (SSSR count). The largest absolute Gasteiger partial charge is 0.289 e. The molecule has 0 fully saturated rings. The number of thiophene rings is 1. The van der Waals surface area contributed by atoms with Gasteiger partial charge in [-0.1, -0.05) is 23.1 Å². The minimum atomic E-state index is -0.246. The van der Waals surface area contributed by atoms with Crippen LogP contribution in [-0.2, 0) is 5.75 Å². The monoisotopic (exact) mass is 286 g/mol. The van der Waals surface area contributed by atoms with Gasteiger partial charge in [-0.3, -0.25) is 10.2 Å². The summed E-state index contributed by atoms with van der Waals surface area (Å²) >= 11 is 4.50. The van der Waals surface area contributed by atoms with Crippen LogP contribution in [0.1, 0.15) is 20.2 Å². The highest BCUT2D eigenvalue weighted by atomic mass is 32.2. The van der Waals surface area contributed by atoms with E-state index in [1.807, 2.05) is 18.4 Å². The molecule has 0 aliphatic carbocycles. The Kier molecular flexibility index (Phi) is 4.11. The molecule has 5 nitrogen and oxygen atoms in total. The third-order valence-electron chi connectivity index (χ3n) is 1.94. The third-order valence-corrected chi connectivity index (χ3v) is 4.92. The summed E-state index contributed by atoms with van der Waals surface area (Å²) in [4.78, 5) is 12.1. The molecule has 8 heteroatoms. The number of rotatable bonds is 4. The van der Waals surface area contributed by atoms with E-state index in [9.17, 15) is 4.79 Å². The molecule has 17 heavy (non-hydrogen) atoms. The highest BCUT2D eigenvalue weighted by molar-refractivity contribution is 8.00. The first kappa shape index (κ1) is 12.5. The van der Waals surface area contributed by atoms with E-state index in [-0.39, 0.29) is 5.91 Å². The van der Waals surface area contributed by atoms with E-state index >= 15 is 0 Å².